The Morgan fingerprint density at radius 3 is 2.80 bits per heavy atom. The molecule has 2 saturated heterocycles. The van der Waals surface area contributed by atoms with Crippen LogP contribution in [0.1, 0.15) is 43.1 Å². The van der Waals surface area contributed by atoms with Gasteiger partial charge >= 0.3 is 0 Å². The Hall–Kier alpha value is -1.64. The molecule has 0 radical (unpaired) electrons. The molecule has 0 spiro atoms. The SMILES string of the molecule is Cn1c(SCCN2CCCC2)nnc1[C@H]1CCCN1C(=O)Cc1c(F)cccc1Cl. The van der Waals surface area contributed by atoms with Crippen LogP contribution in [0.4, 0.5) is 4.39 Å². The first kappa shape index (κ1) is 21.6. The predicted octanol–water partition coefficient (Wildman–Crippen LogP) is 3.70. The Morgan fingerprint density at radius 1 is 1.23 bits per heavy atom. The maximum Gasteiger partial charge on any atom is 0.227 e. The molecule has 6 nitrogen and oxygen atoms in total. The Balaban J connectivity index is 1.41. The van der Waals surface area contributed by atoms with E-state index in [1.807, 2.05) is 11.6 Å². The number of hydrogen-bond acceptors (Lipinski definition) is 5. The van der Waals surface area contributed by atoms with Gasteiger partial charge in [0.05, 0.1) is 12.5 Å². The van der Waals surface area contributed by atoms with Gasteiger partial charge in [0.2, 0.25) is 5.91 Å². The lowest BCUT2D eigenvalue weighted by atomic mass is 10.1. The van der Waals surface area contributed by atoms with Gasteiger partial charge in [-0.15, -0.1) is 10.2 Å². The van der Waals surface area contributed by atoms with E-state index >= 15 is 0 Å². The van der Waals surface area contributed by atoms with Gasteiger partial charge in [-0.3, -0.25) is 4.79 Å². The zero-order valence-corrected chi connectivity index (χ0v) is 18.8. The zero-order valence-electron chi connectivity index (χ0n) is 17.2. The highest BCUT2D eigenvalue weighted by atomic mass is 35.5. The number of amides is 1. The van der Waals surface area contributed by atoms with Crippen molar-refractivity contribution in [2.45, 2.75) is 43.3 Å². The van der Waals surface area contributed by atoms with Crippen LogP contribution in [0.2, 0.25) is 5.02 Å². The average molecular weight is 452 g/mol. The summed E-state index contributed by atoms with van der Waals surface area (Å²) in [4.78, 5) is 17.3. The van der Waals surface area contributed by atoms with Crippen molar-refractivity contribution in [3.63, 3.8) is 0 Å². The number of rotatable bonds is 7. The van der Waals surface area contributed by atoms with Gasteiger partial charge in [-0.25, -0.2) is 4.39 Å². The summed E-state index contributed by atoms with van der Waals surface area (Å²) in [5, 5.41) is 9.94. The molecule has 4 rings (SSSR count). The van der Waals surface area contributed by atoms with Crippen molar-refractivity contribution in [2.75, 3.05) is 31.9 Å². The number of carbonyl (C=O) groups is 1. The van der Waals surface area contributed by atoms with Crippen molar-refractivity contribution in [1.29, 1.82) is 0 Å². The maximum atomic E-state index is 14.1. The van der Waals surface area contributed by atoms with E-state index in [1.165, 1.54) is 32.0 Å². The standard InChI is InChI=1S/C21H27ClFN5OS/c1-26-20(24-25-21(26)30-13-12-27-9-2-3-10-27)18-8-5-11-28(18)19(29)14-15-16(22)6-4-7-17(15)23/h4,6-7,18H,2-3,5,8-14H2,1H3/t18-/m1/s1. The molecule has 0 bridgehead atoms. The topological polar surface area (TPSA) is 54.3 Å². The molecule has 0 unspecified atom stereocenters. The first-order valence-corrected chi connectivity index (χ1v) is 11.9. The van der Waals surface area contributed by atoms with Gasteiger partial charge in [-0.05, 0) is 50.9 Å². The number of likely N-dealkylation sites (tertiary alicyclic amines) is 2. The lowest BCUT2D eigenvalue weighted by molar-refractivity contribution is -0.131. The van der Waals surface area contributed by atoms with Gasteiger partial charge in [0, 0.05) is 36.5 Å². The third-order valence-electron chi connectivity index (χ3n) is 5.97. The normalized spacial score (nSPS) is 19.7. The lowest BCUT2D eigenvalue weighted by Crippen LogP contribution is -2.33. The summed E-state index contributed by atoms with van der Waals surface area (Å²) >= 11 is 7.82. The van der Waals surface area contributed by atoms with Gasteiger partial charge in [0.1, 0.15) is 5.82 Å². The summed E-state index contributed by atoms with van der Waals surface area (Å²) in [5.74, 6) is 1.20. The molecule has 3 heterocycles. The third-order valence-corrected chi connectivity index (χ3v) is 7.32. The molecule has 1 aromatic heterocycles. The number of carbonyl (C=O) groups excluding carboxylic acids is 1. The van der Waals surface area contributed by atoms with E-state index in [1.54, 1.807) is 28.8 Å². The van der Waals surface area contributed by atoms with Crippen molar-refractivity contribution in [2.24, 2.45) is 7.05 Å². The minimum Gasteiger partial charge on any atom is -0.332 e. The molecule has 2 fully saturated rings. The van der Waals surface area contributed by atoms with Crippen molar-refractivity contribution >= 4 is 29.3 Å². The quantitative estimate of drug-likeness (QED) is 0.601. The smallest absolute Gasteiger partial charge is 0.227 e. The second kappa shape index (κ2) is 9.66. The van der Waals surface area contributed by atoms with Crippen LogP contribution in [-0.2, 0) is 18.3 Å². The minimum absolute atomic E-state index is 0.0443. The molecule has 2 aliphatic rings. The van der Waals surface area contributed by atoms with Crippen LogP contribution in [-0.4, -0.2) is 62.4 Å². The van der Waals surface area contributed by atoms with Crippen LogP contribution < -0.4 is 0 Å². The van der Waals surface area contributed by atoms with Gasteiger partial charge in [-0.2, -0.15) is 0 Å². The molecule has 0 N–H and O–H groups in total. The summed E-state index contributed by atoms with van der Waals surface area (Å²) < 4.78 is 16.1. The number of nitrogens with zero attached hydrogens (tertiary/aromatic N) is 5. The van der Waals surface area contributed by atoms with Crippen molar-refractivity contribution < 1.29 is 9.18 Å². The van der Waals surface area contributed by atoms with Crippen LogP contribution in [0, 0.1) is 5.82 Å². The fraction of sp³-hybridized carbons (Fsp3) is 0.571. The Kier molecular flexibility index (Phi) is 6.95. The summed E-state index contributed by atoms with van der Waals surface area (Å²) in [6, 6.07) is 4.37. The van der Waals surface area contributed by atoms with E-state index < -0.39 is 5.82 Å². The zero-order chi connectivity index (χ0) is 21.1. The molecular weight excluding hydrogens is 425 g/mol. The van der Waals surface area contributed by atoms with Gasteiger partial charge in [0.15, 0.2) is 11.0 Å². The molecule has 2 aliphatic heterocycles. The average Bonchev–Trinajstić information content (AvgIpc) is 3.47. The summed E-state index contributed by atoms with van der Waals surface area (Å²) in [6.07, 6.45) is 4.27. The molecule has 1 aromatic carbocycles. The van der Waals surface area contributed by atoms with Crippen molar-refractivity contribution in [3.05, 3.63) is 40.4 Å². The predicted molar refractivity (Wildman–Crippen MR) is 116 cm³/mol. The highest BCUT2D eigenvalue weighted by Gasteiger charge is 2.34. The molecule has 2 aromatic rings. The van der Waals surface area contributed by atoms with Gasteiger partial charge in [0.25, 0.3) is 0 Å². The van der Waals surface area contributed by atoms with Crippen molar-refractivity contribution in [3.8, 4) is 0 Å². The monoisotopic (exact) mass is 451 g/mol. The fourth-order valence-corrected chi connectivity index (χ4v) is 5.45. The minimum atomic E-state index is -0.443. The van der Waals surface area contributed by atoms with E-state index in [0.717, 1.165) is 36.1 Å². The van der Waals surface area contributed by atoms with Crippen molar-refractivity contribution in [1.82, 2.24) is 24.6 Å². The second-order valence-corrected chi connectivity index (χ2v) is 9.39. The van der Waals surface area contributed by atoms with Crippen LogP contribution in [0.25, 0.3) is 0 Å². The van der Waals surface area contributed by atoms with Crippen LogP contribution in [0.5, 0.6) is 0 Å². The molecule has 162 valence electrons. The first-order valence-electron chi connectivity index (χ1n) is 10.5. The molecule has 1 amide bonds. The molecule has 30 heavy (non-hydrogen) atoms. The Labute approximate surface area is 185 Å². The number of aromatic nitrogens is 3. The largest absolute Gasteiger partial charge is 0.332 e. The molecular formula is C21H27ClFN5OS. The lowest BCUT2D eigenvalue weighted by Gasteiger charge is -2.24. The fourth-order valence-electron chi connectivity index (χ4n) is 4.30. The number of halogens is 2. The Bertz CT molecular complexity index is 881. The number of thioether (sulfide) groups is 1. The summed E-state index contributed by atoms with van der Waals surface area (Å²) in [5.41, 5.74) is 0.255. The highest BCUT2D eigenvalue weighted by Crippen LogP contribution is 2.33. The molecule has 0 saturated carbocycles. The Morgan fingerprint density at radius 2 is 2.03 bits per heavy atom. The van der Waals surface area contributed by atoms with E-state index in [4.69, 9.17) is 11.6 Å². The summed E-state index contributed by atoms with van der Waals surface area (Å²) in [6.45, 7) is 4.08. The first-order chi connectivity index (χ1) is 14.5. The molecule has 0 aliphatic carbocycles. The van der Waals surface area contributed by atoms with Gasteiger partial charge in [-0.1, -0.05) is 29.4 Å². The molecule has 9 heteroatoms. The van der Waals surface area contributed by atoms with E-state index in [2.05, 4.69) is 15.1 Å². The second-order valence-electron chi connectivity index (χ2n) is 7.92. The van der Waals surface area contributed by atoms with Crippen LogP contribution >= 0.6 is 23.4 Å². The highest BCUT2D eigenvalue weighted by molar-refractivity contribution is 7.99. The van der Waals surface area contributed by atoms with E-state index in [9.17, 15) is 9.18 Å². The van der Waals surface area contributed by atoms with Gasteiger partial charge < -0.3 is 14.4 Å². The number of hydrogen-bond donors (Lipinski definition) is 0. The third kappa shape index (κ3) is 4.65. The maximum absolute atomic E-state index is 14.1. The van der Waals surface area contributed by atoms with Crippen LogP contribution in [0.15, 0.2) is 23.4 Å². The molecule has 1 atom stereocenters. The van der Waals surface area contributed by atoms with E-state index in [0.29, 0.717) is 6.54 Å². The number of benzene rings is 1. The van der Waals surface area contributed by atoms with Crippen LogP contribution in [0.3, 0.4) is 0 Å². The van der Waals surface area contributed by atoms with E-state index in [-0.39, 0.29) is 29.0 Å². The summed E-state index contributed by atoms with van der Waals surface area (Å²) in [7, 11) is 1.96.